The lowest BCUT2D eigenvalue weighted by Crippen LogP contribution is -2.25. The topological polar surface area (TPSA) is 120 Å². The maximum Gasteiger partial charge on any atom is 0.280 e. The van der Waals surface area contributed by atoms with Crippen LogP contribution in [0.5, 0.6) is 11.5 Å². The summed E-state index contributed by atoms with van der Waals surface area (Å²) in [5.41, 5.74) is 0.00677. The summed E-state index contributed by atoms with van der Waals surface area (Å²) in [5, 5.41) is 22.2. The summed E-state index contributed by atoms with van der Waals surface area (Å²) in [4.78, 5) is 22.3. The smallest absolute Gasteiger partial charge is 0.280 e. The highest BCUT2D eigenvalue weighted by Crippen LogP contribution is 2.35. The molecule has 2 N–H and O–H groups in total. The molecule has 0 atom stereocenters. The lowest BCUT2D eigenvalue weighted by molar-refractivity contribution is -0.385. The van der Waals surface area contributed by atoms with Crippen molar-refractivity contribution in [2.24, 2.45) is 0 Å². The Hall–Kier alpha value is -2.65. The number of aliphatic hydroxyl groups excluding tert-OH is 1. The van der Waals surface area contributed by atoms with E-state index < -0.39 is 10.8 Å². The highest BCUT2D eigenvalue weighted by Gasteiger charge is 2.17. The molecule has 1 amide bonds. The molecule has 0 radical (unpaired) electrons. The van der Waals surface area contributed by atoms with E-state index in [2.05, 4.69) is 5.32 Å². The zero-order chi connectivity index (χ0) is 17.9. The summed E-state index contributed by atoms with van der Waals surface area (Å²) < 4.78 is 15.1. The molecule has 0 bridgehead atoms. The Morgan fingerprint density at radius 3 is 2.54 bits per heavy atom. The number of nitrogens with zero attached hydrogens (tertiary/aromatic N) is 1. The van der Waals surface area contributed by atoms with Gasteiger partial charge in [0.1, 0.15) is 0 Å². The number of aliphatic hydroxyl groups is 1. The number of carbonyl (C=O) groups excluding carboxylic acids is 1. The summed E-state index contributed by atoms with van der Waals surface area (Å²) in [7, 11) is 2.79. The van der Waals surface area contributed by atoms with Crippen LogP contribution < -0.4 is 14.8 Å². The molecule has 0 aliphatic rings. The highest BCUT2D eigenvalue weighted by atomic mass is 16.6. The van der Waals surface area contributed by atoms with Crippen LogP contribution >= 0.6 is 0 Å². The van der Waals surface area contributed by atoms with Crippen LogP contribution in [0.1, 0.15) is 5.56 Å². The van der Waals surface area contributed by atoms with E-state index in [1.54, 1.807) is 0 Å². The quantitative estimate of drug-likeness (QED) is 0.279. The molecule has 1 aromatic carbocycles. The molecular formula is C15H20N2O7. The minimum Gasteiger partial charge on any atom is -0.493 e. The summed E-state index contributed by atoms with van der Waals surface area (Å²) in [6, 6.07) is 2.66. The molecule has 0 aromatic heterocycles. The summed E-state index contributed by atoms with van der Waals surface area (Å²) in [6.45, 7) is 0.633. The van der Waals surface area contributed by atoms with Gasteiger partial charge < -0.3 is 24.6 Å². The molecule has 0 heterocycles. The number of amides is 1. The standard InChI is InChI=1S/C15H20N2O7/c1-22-13-9-11(12(17(20)21)10-14(13)23-2)3-4-15(19)16-5-7-24-8-6-18/h3-4,9-10,18H,5-8H2,1-2H3,(H,16,19)/b4-3+. The van der Waals surface area contributed by atoms with Gasteiger partial charge in [0.05, 0.1) is 50.6 Å². The fourth-order valence-electron chi connectivity index (χ4n) is 1.81. The number of nitrogens with one attached hydrogen (secondary N) is 1. The number of hydrogen-bond acceptors (Lipinski definition) is 7. The number of benzene rings is 1. The van der Waals surface area contributed by atoms with Crippen LogP contribution in [0.4, 0.5) is 5.69 Å². The summed E-state index contributed by atoms with van der Waals surface area (Å²) >= 11 is 0. The highest BCUT2D eigenvalue weighted by molar-refractivity contribution is 5.92. The van der Waals surface area contributed by atoms with Crippen LogP contribution in [0.15, 0.2) is 18.2 Å². The zero-order valence-corrected chi connectivity index (χ0v) is 13.5. The van der Waals surface area contributed by atoms with Crippen LogP contribution in [0, 0.1) is 10.1 Å². The van der Waals surface area contributed by atoms with Gasteiger partial charge in [-0.2, -0.15) is 0 Å². The van der Waals surface area contributed by atoms with E-state index in [1.807, 2.05) is 0 Å². The molecule has 1 aromatic rings. The average molecular weight is 340 g/mol. The number of nitro benzene ring substituents is 1. The lowest BCUT2D eigenvalue weighted by atomic mass is 10.1. The maximum atomic E-state index is 11.7. The van der Waals surface area contributed by atoms with Crippen molar-refractivity contribution in [2.75, 3.05) is 40.6 Å². The van der Waals surface area contributed by atoms with E-state index in [-0.39, 0.29) is 43.4 Å². The fourth-order valence-corrected chi connectivity index (χ4v) is 1.81. The third-order valence-electron chi connectivity index (χ3n) is 2.93. The molecule has 0 unspecified atom stereocenters. The Bertz CT molecular complexity index is 602. The number of nitro groups is 1. The van der Waals surface area contributed by atoms with Gasteiger partial charge in [0, 0.05) is 12.6 Å². The van der Waals surface area contributed by atoms with Gasteiger partial charge in [-0.05, 0) is 12.1 Å². The third-order valence-corrected chi connectivity index (χ3v) is 2.93. The van der Waals surface area contributed by atoms with E-state index in [0.717, 1.165) is 0 Å². The molecule has 9 nitrogen and oxygen atoms in total. The third kappa shape index (κ3) is 5.86. The predicted molar refractivity (Wildman–Crippen MR) is 86.1 cm³/mol. The average Bonchev–Trinajstić information content (AvgIpc) is 2.58. The van der Waals surface area contributed by atoms with Crippen molar-refractivity contribution in [1.82, 2.24) is 5.32 Å². The van der Waals surface area contributed by atoms with Crippen LogP contribution in [0.25, 0.3) is 6.08 Å². The monoisotopic (exact) mass is 340 g/mol. The molecule has 24 heavy (non-hydrogen) atoms. The Balaban J connectivity index is 2.81. The Morgan fingerprint density at radius 2 is 1.96 bits per heavy atom. The molecule has 0 aliphatic carbocycles. The molecular weight excluding hydrogens is 320 g/mol. The molecule has 9 heteroatoms. The van der Waals surface area contributed by atoms with E-state index in [1.165, 1.54) is 38.5 Å². The summed E-state index contributed by atoms with van der Waals surface area (Å²) in [6.07, 6.45) is 2.50. The van der Waals surface area contributed by atoms with Crippen LogP contribution in [0.3, 0.4) is 0 Å². The summed E-state index contributed by atoms with van der Waals surface area (Å²) in [5.74, 6) is 0.124. The molecule has 0 saturated carbocycles. The molecule has 132 valence electrons. The number of carbonyl (C=O) groups is 1. The Labute approximate surface area is 139 Å². The minimum atomic E-state index is -0.567. The molecule has 0 saturated heterocycles. The molecule has 0 aliphatic heterocycles. The van der Waals surface area contributed by atoms with Gasteiger partial charge in [0.25, 0.3) is 5.69 Å². The number of rotatable bonds is 10. The largest absolute Gasteiger partial charge is 0.493 e. The van der Waals surface area contributed by atoms with Gasteiger partial charge in [-0.25, -0.2) is 0 Å². The van der Waals surface area contributed by atoms with Crippen molar-refractivity contribution in [3.05, 3.63) is 33.9 Å². The van der Waals surface area contributed by atoms with E-state index >= 15 is 0 Å². The van der Waals surface area contributed by atoms with E-state index in [0.29, 0.717) is 5.75 Å². The minimum absolute atomic E-state index is 0.0865. The van der Waals surface area contributed by atoms with Crippen molar-refractivity contribution in [3.8, 4) is 11.5 Å². The van der Waals surface area contributed by atoms with Crippen LogP contribution in [-0.2, 0) is 9.53 Å². The lowest BCUT2D eigenvalue weighted by Gasteiger charge is -2.08. The number of ether oxygens (including phenoxy) is 3. The molecule has 0 spiro atoms. The first kappa shape index (κ1) is 19.4. The van der Waals surface area contributed by atoms with Crippen molar-refractivity contribution in [1.29, 1.82) is 0 Å². The first-order valence-corrected chi connectivity index (χ1v) is 7.08. The Kier molecular flexibility index (Phi) is 8.23. The van der Waals surface area contributed by atoms with Gasteiger partial charge in [0.2, 0.25) is 5.91 Å². The predicted octanol–water partition coefficient (Wildman–Crippen LogP) is 0.750. The van der Waals surface area contributed by atoms with Gasteiger partial charge in [-0.15, -0.1) is 0 Å². The van der Waals surface area contributed by atoms with E-state index in [4.69, 9.17) is 19.3 Å². The van der Waals surface area contributed by atoms with Crippen LogP contribution in [-0.4, -0.2) is 56.5 Å². The van der Waals surface area contributed by atoms with Gasteiger partial charge >= 0.3 is 0 Å². The first-order chi connectivity index (χ1) is 11.5. The van der Waals surface area contributed by atoms with Gasteiger partial charge in [-0.3, -0.25) is 14.9 Å². The van der Waals surface area contributed by atoms with E-state index in [9.17, 15) is 14.9 Å². The second kappa shape index (κ2) is 10.2. The van der Waals surface area contributed by atoms with Crippen molar-refractivity contribution >= 4 is 17.7 Å². The van der Waals surface area contributed by atoms with Crippen molar-refractivity contribution < 1.29 is 29.0 Å². The second-order valence-corrected chi connectivity index (χ2v) is 4.48. The second-order valence-electron chi connectivity index (χ2n) is 4.48. The molecule has 0 fully saturated rings. The fraction of sp³-hybridized carbons (Fsp3) is 0.400. The van der Waals surface area contributed by atoms with Crippen molar-refractivity contribution in [2.45, 2.75) is 0 Å². The maximum absolute atomic E-state index is 11.7. The normalized spacial score (nSPS) is 10.6. The Morgan fingerprint density at radius 1 is 1.29 bits per heavy atom. The van der Waals surface area contributed by atoms with Gasteiger partial charge in [0.15, 0.2) is 11.5 Å². The van der Waals surface area contributed by atoms with Gasteiger partial charge in [-0.1, -0.05) is 0 Å². The molecule has 1 rings (SSSR count). The number of hydrogen-bond donors (Lipinski definition) is 2. The number of methoxy groups -OCH3 is 2. The zero-order valence-electron chi connectivity index (χ0n) is 13.5. The first-order valence-electron chi connectivity index (χ1n) is 7.08. The van der Waals surface area contributed by atoms with Crippen molar-refractivity contribution in [3.63, 3.8) is 0 Å². The SMILES string of the molecule is COc1cc(/C=C/C(=O)NCCOCCO)c([N+](=O)[O-])cc1OC. The van der Waals surface area contributed by atoms with Crippen LogP contribution in [0.2, 0.25) is 0 Å².